The van der Waals surface area contributed by atoms with E-state index in [-0.39, 0.29) is 23.2 Å². The Kier molecular flexibility index (Phi) is 6.61. The third-order valence-electron chi connectivity index (χ3n) is 4.21. The van der Waals surface area contributed by atoms with Crippen LogP contribution in [-0.2, 0) is 4.79 Å². The van der Waals surface area contributed by atoms with Gasteiger partial charge < -0.3 is 19.5 Å². The van der Waals surface area contributed by atoms with Gasteiger partial charge in [0.25, 0.3) is 5.91 Å². The van der Waals surface area contributed by atoms with Crippen molar-refractivity contribution < 1.29 is 27.8 Å². The number of methoxy groups -OCH3 is 2. The number of nitrogens with one attached hydrogen (secondary N) is 1. The van der Waals surface area contributed by atoms with Crippen LogP contribution in [0.25, 0.3) is 6.08 Å². The number of alkyl halides is 2. The number of ether oxygens (including phenoxy) is 3. The first-order valence-electron chi connectivity index (χ1n) is 8.88. The number of amidine groups is 1. The lowest BCUT2D eigenvalue weighted by atomic mass is 10.1. The summed E-state index contributed by atoms with van der Waals surface area (Å²) in [5, 5.41) is 3.18. The second kappa shape index (κ2) is 9.17. The number of benzene rings is 2. The molecule has 0 spiro atoms. The molecular weight excluding hydrogens is 414 g/mol. The van der Waals surface area contributed by atoms with Crippen LogP contribution in [0.5, 0.6) is 17.2 Å². The third-order valence-corrected chi connectivity index (χ3v) is 5.12. The number of aliphatic imine (C=N–C) groups is 1. The SMILES string of the molecule is COc1cc(/C=C2\SC(=Nc3ccc(C)cc3C)NC2=O)cc(OC)c1OC(F)F. The van der Waals surface area contributed by atoms with Crippen LogP contribution in [0, 0.1) is 13.8 Å². The van der Waals surface area contributed by atoms with Crippen molar-refractivity contribution in [3.05, 3.63) is 51.9 Å². The maximum Gasteiger partial charge on any atom is 0.387 e. The van der Waals surface area contributed by atoms with Gasteiger partial charge in [-0.1, -0.05) is 17.7 Å². The molecule has 0 atom stereocenters. The molecular formula is C21H20F2N2O4S. The maximum atomic E-state index is 12.7. The molecule has 2 aromatic rings. The van der Waals surface area contributed by atoms with E-state index in [0.717, 1.165) is 16.8 Å². The zero-order valence-electron chi connectivity index (χ0n) is 16.8. The molecule has 1 heterocycles. The highest BCUT2D eigenvalue weighted by Crippen LogP contribution is 2.40. The molecule has 0 saturated carbocycles. The predicted molar refractivity (Wildman–Crippen MR) is 113 cm³/mol. The summed E-state index contributed by atoms with van der Waals surface area (Å²) in [7, 11) is 2.66. The van der Waals surface area contributed by atoms with Crippen molar-refractivity contribution in [1.82, 2.24) is 5.32 Å². The van der Waals surface area contributed by atoms with Gasteiger partial charge >= 0.3 is 6.61 Å². The van der Waals surface area contributed by atoms with Gasteiger partial charge in [-0.2, -0.15) is 8.78 Å². The molecule has 0 unspecified atom stereocenters. The minimum absolute atomic E-state index is 0.0640. The number of carbonyl (C=O) groups is 1. The van der Waals surface area contributed by atoms with Crippen LogP contribution in [0.1, 0.15) is 16.7 Å². The topological polar surface area (TPSA) is 69.2 Å². The molecule has 1 aliphatic rings. The lowest BCUT2D eigenvalue weighted by Gasteiger charge is -2.14. The number of thioether (sulfide) groups is 1. The minimum Gasteiger partial charge on any atom is -0.493 e. The molecule has 3 rings (SSSR count). The summed E-state index contributed by atoms with van der Waals surface area (Å²) in [5.74, 6) is -0.393. The Morgan fingerprint density at radius 1 is 1.10 bits per heavy atom. The first kappa shape index (κ1) is 21.6. The predicted octanol–water partition coefficient (Wildman–Crippen LogP) is 4.81. The van der Waals surface area contributed by atoms with Crippen LogP contribution < -0.4 is 19.5 Å². The molecule has 9 heteroatoms. The number of rotatable bonds is 6. The second-order valence-corrected chi connectivity index (χ2v) is 7.44. The summed E-state index contributed by atoms with van der Waals surface area (Å²) < 4.78 is 40.2. The van der Waals surface area contributed by atoms with Gasteiger partial charge in [-0.05, 0) is 61.0 Å². The van der Waals surface area contributed by atoms with Gasteiger partial charge in [-0.15, -0.1) is 0 Å². The lowest BCUT2D eigenvalue weighted by Crippen LogP contribution is -2.19. The van der Waals surface area contributed by atoms with Crippen molar-refractivity contribution >= 4 is 34.6 Å². The van der Waals surface area contributed by atoms with Gasteiger partial charge in [0, 0.05) is 0 Å². The molecule has 0 aromatic heterocycles. The normalized spacial score (nSPS) is 16.3. The Morgan fingerprint density at radius 2 is 1.77 bits per heavy atom. The molecule has 0 bridgehead atoms. The first-order chi connectivity index (χ1) is 14.3. The van der Waals surface area contributed by atoms with Crippen LogP contribution in [0.15, 0.2) is 40.2 Å². The molecule has 1 N–H and O–H groups in total. The second-order valence-electron chi connectivity index (χ2n) is 6.40. The van der Waals surface area contributed by atoms with Gasteiger partial charge in [0.05, 0.1) is 24.8 Å². The van der Waals surface area contributed by atoms with E-state index in [1.165, 1.54) is 38.1 Å². The Morgan fingerprint density at radius 3 is 2.33 bits per heavy atom. The van der Waals surface area contributed by atoms with Crippen molar-refractivity contribution in [2.75, 3.05) is 14.2 Å². The molecule has 30 heavy (non-hydrogen) atoms. The molecule has 158 valence electrons. The van der Waals surface area contributed by atoms with Crippen LogP contribution in [0.2, 0.25) is 0 Å². The summed E-state index contributed by atoms with van der Waals surface area (Å²) in [6.07, 6.45) is 1.60. The van der Waals surface area contributed by atoms with Gasteiger partial charge in [0.2, 0.25) is 5.75 Å². The standard InChI is InChI=1S/C21H20F2N2O4S/c1-11-5-6-14(12(2)7-11)24-21-25-19(26)17(30-21)10-13-8-15(27-3)18(29-20(22)23)16(9-13)28-4/h5-10,20H,1-4H3,(H,24,25,26)/b17-10-. The van der Waals surface area contributed by atoms with Gasteiger partial charge in [-0.3, -0.25) is 4.79 Å². The van der Waals surface area contributed by atoms with Gasteiger partial charge in [0.1, 0.15) is 0 Å². The summed E-state index contributed by atoms with van der Waals surface area (Å²) in [5.41, 5.74) is 3.42. The van der Waals surface area contributed by atoms with Crippen molar-refractivity contribution in [2.45, 2.75) is 20.5 Å². The lowest BCUT2D eigenvalue weighted by molar-refractivity contribution is -0.115. The zero-order valence-corrected chi connectivity index (χ0v) is 17.6. The van der Waals surface area contributed by atoms with Crippen LogP contribution in [0.3, 0.4) is 0 Å². The molecule has 1 amide bonds. The fourth-order valence-electron chi connectivity index (χ4n) is 2.86. The van der Waals surface area contributed by atoms with E-state index in [2.05, 4.69) is 15.0 Å². The highest BCUT2D eigenvalue weighted by atomic mass is 32.2. The summed E-state index contributed by atoms with van der Waals surface area (Å²) in [4.78, 5) is 17.3. The molecule has 6 nitrogen and oxygen atoms in total. The van der Waals surface area contributed by atoms with E-state index in [0.29, 0.717) is 15.6 Å². The van der Waals surface area contributed by atoms with Crippen molar-refractivity contribution in [3.63, 3.8) is 0 Å². The molecule has 1 fully saturated rings. The van der Waals surface area contributed by atoms with E-state index >= 15 is 0 Å². The van der Waals surface area contributed by atoms with Crippen molar-refractivity contribution in [1.29, 1.82) is 0 Å². The number of nitrogens with zero attached hydrogens (tertiary/aromatic N) is 1. The average Bonchev–Trinajstić information content (AvgIpc) is 3.03. The summed E-state index contributed by atoms with van der Waals surface area (Å²) >= 11 is 1.18. The Balaban J connectivity index is 1.91. The minimum atomic E-state index is -3.03. The van der Waals surface area contributed by atoms with Crippen molar-refractivity contribution in [3.8, 4) is 17.2 Å². The van der Waals surface area contributed by atoms with E-state index < -0.39 is 6.61 Å². The summed E-state index contributed by atoms with van der Waals surface area (Å²) in [6, 6.07) is 8.83. The number of carbonyl (C=O) groups excluding carboxylic acids is 1. The maximum absolute atomic E-state index is 12.7. The smallest absolute Gasteiger partial charge is 0.387 e. The number of aryl methyl sites for hydroxylation is 2. The number of hydrogen-bond acceptors (Lipinski definition) is 6. The number of halogens is 2. The number of hydrogen-bond donors (Lipinski definition) is 1. The quantitative estimate of drug-likeness (QED) is 0.661. The molecule has 0 radical (unpaired) electrons. The largest absolute Gasteiger partial charge is 0.493 e. The highest BCUT2D eigenvalue weighted by molar-refractivity contribution is 8.18. The van der Waals surface area contributed by atoms with E-state index in [1.54, 1.807) is 6.08 Å². The third kappa shape index (κ3) is 4.91. The van der Waals surface area contributed by atoms with Gasteiger partial charge in [-0.25, -0.2) is 4.99 Å². The van der Waals surface area contributed by atoms with Crippen molar-refractivity contribution in [2.24, 2.45) is 4.99 Å². The fourth-order valence-corrected chi connectivity index (χ4v) is 3.70. The van der Waals surface area contributed by atoms with E-state index in [4.69, 9.17) is 9.47 Å². The number of amides is 1. The Labute approximate surface area is 176 Å². The first-order valence-corrected chi connectivity index (χ1v) is 9.70. The molecule has 0 aliphatic carbocycles. The van der Waals surface area contributed by atoms with Crippen LogP contribution in [0.4, 0.5) is 14.5 Å². The molecule has 2 aromatic carbocycles. The summed E-state index contributed by atoms with van der Waals surface area (Å²) in [6.45, 7) is 0.917. The molecule has 1 saturated heterocycles. The molecule has 1 aliphatic heterocycles. The van der Waals surface area contributed by atoms with Gasteiger partial charge in [0.15, 0.2) is 16.7 Å². The van der Waals surface area contributed by atoms with Crippen LogP contribution >= 0.6 is 11.8 Å². The fraction of sp³-hybridized carbons (Fsp3) is 0.238. The van der Waals surface area contributed by atoms with E-state index in [1.807, 2.05) is 32.0 Å². The average molecular weight is 434 g/mol. The Hall–Kier alpha value is -3.07. The highest BCUT2D eigenvalue weighted by Gasteiger charge is 2.25. The van der Waals surface area contributed by atoms with Crippen LogP contribution in [-0.4, -0.2) is 31.9 Å². The Bertz CT molecular complexity index is 1010. The zero-order chi connectivity index (χ0) is 21.8. The monoisotopic (exact) mass is 434 g/mol. The van der Waals surface area contributed by atoms with E-state index in [9.17, 15) is 13.6 Å².